The Hall–Kier alpha value is -1.10. The van der Waals surface area contributed by atoms with E-state index in [-0.39, 0.29) is 17.4 Å². The van der Waals surface area contributed by atoms with Crippen LogP contribution in [0.4, 0.5) is 4.79 Å². The summed E-state index contributed by atoms with van der Waals surface area (Å²) in [4.78, 5) is 30.1. The van der Waals surface area contributed by atoms with Gasteiger partial charge in [0, 0.05) is 12.6 Å². The number of nitrogens with one attached hydrogen (secondary N) is 1. The van der Waals surface area contributed by atoms with E-state index in [2.05, 4.69) is 31.0 Å². The number of nitrogens with zero attached hydrogens (tertiary/aromatic N) is 2. The van der Waals surface area contributed by atoms with Gasteiger partial charge in [-0.05, 0) is 62.2 Å². The molecule has 0 aromatic rings. The number of likely N-dealkylation sites (tertiary alicyclic amines) is 1. The molecule has 5 heteroatoms. The fourth-order valence-electron chi connectivity index (χ4n) is 6.72. The van der Waals surface area contributed by atoms with Crippen LogP contribution >= 0.6 is 0 Å². The summed E-state index contributed by atoms with van der Waals surface area (Å²) in [6.45, 7) is 8.17. The summed E-state index contributed by atoms with van der Waals surface area (Å²) in [5.74, 6) is 1.25. The molecule has 4 fully saturated rings. The number of imide groups is 1. The highest BCUT2D eigenvalue weighted by Gasteiger charge is 2.56. The van der Waals surface area contributed by atoms with E-state index in [9.17, 15) is 9.59 Å². The summed E-state index contributed by atoms with van der Waals surface area (Å²) in [6, 6.07) is 0.397. The number of hydrogen-bond donors (Lipinski definition) is 1. The topological polar surface area (TPSA) is 52.7 Å². The fourth-order valence-corrected chi connectivity index (χ4v) is 6.72. The van der Waals surface area contributed by atoms with E-state index < -0.39 is 5.54 Å². The van der Waals surface area contributed by atoms with Crippen LogP contribution in [0.15, 0.2) is 0 Å². The van der Waals surface area contributed by atoms with Crippen LogP contribution < -0.4 is 5.32 Å². The maximum Gasteiger partial charge on any atom is 0.326 e. The third kappa shape index (κ3) is 3.17. The van der Waals surface area contributed by atoms with Crippen molar-refractivity contribution >= 4 is 11.9 Å². The van der Waals surface area contributed by atoms with Crippen molar-refractivity contribution in [3.05, 3.63) is 0 Å². The van der Waals surface area contributed by atoms with Gasteiger partial charge in [-0.2, -0.15) is 0 Å². The summed E-state index contributed by atoms with van der Waals surface area (Å²) in [5, 5.41) is 3.13. The normalized spacial score (nSPS) is 40.6. The number of rotatable bonds is 2. The number of carbonyl (C=O) groups excluding carboxylic acids is 2. The summed E-state index contributed by atoms with van der Waals surface area (Å²) in [7, 11) is 0. The van der Waals surface area contributed by atoms with Crippen molar-refractivity contribution in [2.75, 3.05) is 13.2 Å². The van der Waals surface area contributed by atoms with Gasteiger partial charge in [0.1, 0.15) is 5.54 Å². The minimum Gasteiger partial charge on any atom is -0.323 e. The number of urea groups is 1. The highest BCUT2D eigenvalue weighted by atomic mass is 16.2. The second kappa shape index (κ2) is 6.50. The van der Waals surface area contributed by atoms with Crippen LogP contribution in [0.2, 0.25) is 0 Å². The van der Waals surface area contributed by atoms with Gasteiger partial charge in [-0.1, -0.05) is 33.6 Å². The Morgan fingerprint density at radius 1 is 1.08 bits per heavy atom. The second-order valence-electron chi connectivity index (χ2n) is 10.3. The standard InChI is InChI=1S/C21H35N3O2/c1-15-11-20(2,3)13-21(12-15)18(25)24(19(26)22-21)14-23-10-6-8-16-7-4-5-9-17(16)23/h15-17H,4-14H2,1-3H3,(H,22,26). The van der Waals surface area contributed by atoms with Crippen molar-refractivity contribution in [3.63, 3.8) is 0 Å². The van der Waals surface area contributed by atoms with Crippen molar-refractivity contribution in [2.45, 2.75) is 90.1 Å². The Labute approximate surface area is 157 Å². The smallest absolute Gasteiger partial charge is 0.323 e. The molecule has 0 aromatic carbocycles. The fraction of sp³-hybridized carbons (Fsp3) is 0.905. The molecule has 1 N–H and O–H groups in total. The summed E-state index contributed by atoms with van der Waals surface area (Å²) >= 11 is 0. The molecule has 146 valence electrons. The molecule has 2 saturated heterocycles. The van der Waals surface area contributed by atoms with Crippen LogP contribution in [-0.4, -0.2) is 46.5 Å². The van der Waals surface area contributed by atoms with Gasteiger partial charge in [-0.3, -0.25) is 9.69 Å². The number of carbonyl (C=O) groups is 2. The lowest BCUT2D eigenvalue weighted by Crippen LogP contribution is -2.55. The highest BCUT2D eigenvalue weighted by molar-refractivity contribution is 6.07. The first kappa shape index (κ1) is 18.3. The van der Waals surface area contributed by atoms with Crippen LogP contribution in [0, 0.1) is 17.3 Å². The number of fused-ring (bicyclic) bond motifs is 1. The predicted octanol–water partition coefficient (Wildman–Crippen LogP) is 3.74. The van der Waals surface area contributed by atoms with Crippen LogP contribution in [-0.2, 0) is 4.79 Å². The molecule has 4 rings (SSSR count). The molecule has 5 nitrogen and oxygen atoms in total. The van der Waals surface area contributed by atoms with E-state index in [4.69, 9.17) is 0 Å². The zero-order valence-corrected chi connectivity index (χ0v) is 16.7. The number of amides is 3. The van der Waals surface area contributed by atoms with Crippen molar-refractivity contribution in [2.24, 2.45) is 17.3 Å². The van der Waals surface area contributed by atoms with Gasteiger partial charge < -0.3 is 5.32 Å². The zero-order chi connectivity index (χ0) is 18.5. The van der Waals surface area contributed by atoms with Gasteiger partial charge in [-0.15, -0.1) is 0 Å². The van der Waals surface area contributed by atoms with E-state index in [1.807, 2.05) is 0 Å². The minimum absolute atomic E-state index is 0.0278. The molecule has 0 aromatic heterocycles. The van der Waals surface area contributed by atoms with Gasteiger partial charge in [0.2, 0.25) is 0 Å². The maximum atomic E-state index is 13.4. The van der Waals surface area contributed by atoms with Gasteiger partial charge in [0.15, 0.2) is 0 Å². The van der Waals surface area contributed by atoms with Crippen molar-refractivity contribution in [1.29, 1.82) is 0 Å². The Balaban J connectivity index is 1.51. The molecule has 4 unspecified atom stereocenters. The molecular weight excluding hydrogens is 326 g/mol. The Bertz CT molecular complexity index is 588. The molecule has 26 heavy (non-hydrogen) atoms. The Kier molecular flexibility index (Phi) is 4.57. The molecule has 2 aliphatic heterocycles. The molecule has 4 atom stereocenters. The Morgan fingerprint density at radius 2 is 1.81 bits per heavy atom. The SMILES string of the molecule is CC1CC(C)(C)CC2(C1)NC(=O)N(CN1CCCC3CCCCC31)C2=O. The Morgan fingerprint density at radius 3 is 2.58 bits per heavy atom. The number of hydrogen-bond acceptors (Lipinski definition) is 3. The summed E-state index contributed by atoms with van der Waals surface area (Å²) in [6.07, 6.45) is 10.3. The second-order valence-corrected chi connectivity index (χ2v) is 10.3. The third-order valence-corrected chi connectivity index (χ3v) is 7.31. The van der Waals surface area contributed by atoms with Gasteiger partial charge in [-0.25, -0.2) is 9.69 Å². The third-order valence-electron chi connectivity index (χ3n) is 7.31. The molecule has 0 bridgehead atoms. The van der Waals surface area contributed by atoms with E-state index in [0.29, 0.717) is 18.6 Å². The van der Waals surface area contributed by atoms with Crippen molar-refractivity contribution < 1.29 is 9.59 Å². The van der Waals surface area contributed by atoms with Gasteiger partial charge in [0.25, 0.3) is 5.91 Å². The zero-order valence-electron chi connectivity index (χ0n) is 16.7. The molecule has 2 saturated carbocycles. The maximum absolute atomic E-state index is 13.4. The van der Waals surface area contributed by atoms with Crippen LogP contribution in [0.25, 0.3) is 0 Å². The quantitative estimate of drug-likeness (QED) is 0.763. The van der Waals surface area contributed by atoms with Crippen LogP contribution in [0.5, 0.6) is 0 Å². The van der Waals surface area contributed by atoms with Crippen molar-refractivity contribution in [1.82, 2.24) is 15.1 Å². The first-order valence-electron chi connectivity index (χ1n) is 10.7. The largest absolute Gasteiger partial charge is 0.326 e. The monoisotopic (exact) mass is 361 g/mol. The van der Waals surface area contributed by atoms with E-state index in [0.717, 1.165) is 31.7 Å². The van der Waals surface area contributed by atoms with E-state index in [1.54, 1.807) is 0 Å². The average molecular weight is 362 g/mol. The highest BCUT2D eigenvalue weighted by Crippen LogP contribution is 2.46. The number of piperidine rings is 1. The average Bonchev–Trinajstić information content (AvgIpc) is 2.77. The van der Waals surface area contributed by atoms with Crippen LogP contribution in [0.3, 0.4) is 0 Å². The first-order valence-corrected chi connectivity index (χ1v) is 10.7. The molecule has 1 spiro atoms. The lowest BCUT2D eigenvalue weighted by Gasteiger charge is -2.45. The lowest BCUT2D eigenvalue weighted by molar-refractivity contribution is -0.137. The predicted molar refractivity (Wildman–Crippen MR) is 101 cm³/mol. The minimum atomic E-state index is -0.667. The molecule has 2 aliphatic carbocycles. The van der Waals surface area contributed by atoms with Gasteiger partial charge >= 0.3 is 6.03 Å². The summed E-state index contributed by atoms with van der Waals surface area (Å²) in [5.41, 5.74) is -0.573. The van der Waals surface area contributed by atoms with Gasteiger partial charge in [0.05, 0.1) is 6.67 Å². The molecule has 4 aliphatic rings. The molecular formula is C21H35N3O2. The van der Waals surface area contributed by atoms with E-state index >= 15 is 0 Å². The molecule has 0 radical (unpaired) electrons. The van der Waals surface area contributed by atoms with Crippen LogP contribution in [0.1, 0.15) is 78.6 Å². The molecule has 2 heterocycles. The molecule has 3 amide bonds. The first-order chi connectivity index (χ1) is 12.3. The summed E-state index contributed by atoms with van der Waals surface area (Å²) < 4.78 is 0. The van der Waals surface area contributed by atoms with Crippen molar-refractivity contribution in [3.8, 4) is 0 Å². The lowest BCUT2D eigenvalue weighted by atomic mass is 9.64. The van der Waals surface area contributed by atoms with E-state index in [1.165, 1.54) is 43.4 Å².